The lowest BCUT2D eigenvalue weighted by molar-refractivity contribution is -0.121. The highest BCUT2D eigenvalue weighted by molar-refractivity contribution is 6.03. The number of carbonyl (C=O) groups is 2. The normalized spacial score (nSPS) is 25.1. The van der Waals surface area contributed by atoms with E-state index in [9.17, 15) is 9.59 Å². The number of carbonyl (C=O) groups excluding carboxylic acids is 2. The molecule has 1 fully saturated rings. The zero-order valence-corrected chi connectivity index (χ0v) is 15.2. The zero-order valence-electron chi connectivity index (χ0n) is 15.2. The number of fused-ring (bicyclic) bond motifs is 3. The predicted molar refractivity (Wildman–Crippen MR) is 98.2 cm³/mol. The minimum absolute atomic E-state index is 0.0150. The number of hydrogen-bond acceptors (Lipinski definition) is 4. The van der Waals surface area contributed by atoms with E-state index >= 15 is 0 Å². The van der Waals surface area contributed by atoms with Gasteiger partial charge in [-0.3, -0.25) is 9.59 Å². The third-order valence-corrected chi connectivity index (χ3v) is 6.18. The molecule has 0 bridgehead atoms. The van der Waals surface area contributed by atoms with E-state index in [-0.39, 0.29) is 11.8 Å². The summed E-state index contributed by atoms with van der Waals surface area (Å²) in [5, 5.41) is 3.02. The Kier molecular flexibility index (Phi) is 3.29. The summed E-state index contributed by atoms with van der Waals surface area (Å²) in [4.78, 5) is 28.1. The van der Waals surface area contributed by atoms with E-state index in [1.165, 1.54) is 0 Å². The highest BCUT2D eigenvalue weighted by atomic mass is 16.5. The first-order valence-corrected chi connectivity index (χ1v) is 9.06. The van der Waals surface area contributed by atoms with Gasteiger partial charge in [0, 0.05) is 18.7 Å². The summed E-state index contributed by atoms with van der Waals surface area (Å²) >= 11 is 0. The van der Waals surface area contributed by atoms with Gasteiger partial charge in [0.25, 0.3) is 5.91 Å². The fourth-order valence-corrected chi connectivity index (χ4v) is 5.02. The summed E-state index contributed by atoms with van der Waals surface area (Å²) in [6.07, 6.45) is 0.715. The number of benzene rings is 2. The molecule has 3 aliphatic rings. The van der Waals surface area contributed by atoms with Crippen LogP contribution in [0.2, 0.25) is 0 Å². The van der Waals surface area contributed by atoms with Gasteiger partial charge in [-0.05, 0) is 41.3 Å². The molecule has 5 rings (SSSR count). The van der Waals surface area contributed by atoms with Crippen molar-refractivity contribution in [3.05, 3.63) is 58.7 Å². The van der Waals surface area contributed by atoms with E-state index in [1.807, 2.05) is 41.3 Å². The van der Waals surface area contributed by atoms with Crippen LogP contribution < -0.4 is 14.8 Å². The van der Waals surface area contributed by atoms with Crippen molar-refractivity contribution in [2.24, 2.45) is 0 Å². The molecule has 0 aromatic heterocycles. The third-order valence-electron chi connectivity index (χ3n) is 6.18. The molecule has 0 saturated carbocycles. The minimum Gasteiger partial charge on any atom is -0.493 e. The Balaban J connectivity index is 1.81. The Labute approximate surface area is 157 Å². The van der Waals surface area contributed by atoms with E-state index < -0.39 is 11.5 Å². The summed E-state index contributed by atoms with van der Waals surface area (Å²) < 4.78 is 11.0. The van der Waals surface area contributed by atoms with Crippen molar-refractivity contribution in [2.75, 3.05) is 27.3 Å². The quantitative estimate of drug-likeness (QED) is 0.883. The maximum atomic E-state index is 13.3. The molecule has 1 spiro atoms. The monoisotopic (exact) mass is 364 g/mol. The van der Waals surface area contributed by atoms with Crippen LogP contribution in [-0.2, 0) is 16.8 Å². The van der Waals surface area contributed by atoms with Gasteiger partial charge in [-0.25, -0.2) is 0 Å². The maximum Gasteiger partial charge on any atom is 0.254 e. The van der Waals surface area contributed by atoms with Gasteiger partial charge in [-0.1, -0.05) is 18.2 Å². The van der Waals surface area contributed by atoms with Crippen LogP contribution in [0.1, 0.15) is 33.0 Å². The largest absolute Gasteiger partial charge is 0.493 e. The van der Waals surface area contributed by atoms with E-state index in [0.717, 1.165) is 16.7 Å². The second kappa shape index (κ2) is 5.49. The molecule has 1 saturated heterocycles. The first-order chi connectivity index (χ1) is 13.1. The number of rotatable bonds is 2. The topological polar surface area (TPSA) is 67.9 Å². The smallest absolute Gasteiger partial charge is 0.254 e. The molecule has 2 aromatic carbocycles. The standard InChI is InChI=1S/C21H20N2O4/c1-26-16-9-12-7-8-23-20(25)14-6-4-3-5-13(14)18-19(24)22-11-21(18,23)15(12)10-17(16)27-2/h3-6,9-10,18H,7-8,11H2,1-2H3,(H,22,24)/t18-,21-/m0/s1. The fraction of sp³-hybridized carbons (Fsp3) is 0.333. The Morgan fingerprint density at radius 1 is 1.11 bits per heavy atom. The Morgan fingerprint density at radius 2 is 1.85 bits per heavy atom. The van der Waals surface area contributed by atoms with Crippen LogP contribution in [0.5, 0.6) is 11.5 Å². The van der Waals surface area contributed by atoms with E-state index in [4.69, 9.17) is 9.47 Å². The molecule has 3 heterocycles. The van der Waals surface area contributed by atoms with Gasteiger partial charge in [0.05, 0.1) is 20.1 Å². The number of ether oxygens (including phenoxy) is 2. The van der Waals surface area contributed by atoms with Crippen LogP contribution in [0.3, 0.4) is 0 Å². The van der Waals surface area contributed by atoms with Crippen molar-refractivity contribution in [3.63, 3.8) is 0 Å². The SMILES string of the molecule is COc1cc2c(cc1OC)[C@@]13CNC(=O)[C@@H]1c1ccccc1C(=O)N3CC2. The molecule has 2 atom stereocenters. The molecular formula is C21H20N2O4. The van der Waals surface area contributed by atoms with Crippen molar-refractivity contribution < 1.29 is 19.1 Å². The number of amides is 2. The molecule has 1 N–H and O–H groups in total. The molecular weight excluding hydrogens is 344 g/mol. The molecule has 2 aromatic rings. The van der Waals surface area contributed by atoms with Crippen LogP contribution in [0, 0.1) is 0 Å². The number of hydrogen-bond donors (Lipinski definition) is 1. The zero-order chi connectivity index (χ0) is 18.8. The molecule has 3 aliphatic heterocycles. The van der Waals surface area contributed by atoms with Crippen molar-refractivity contribution in [1.82, 2.24) is 10.2 Å². The fourth-order valence-electron chi connectivity index (χ4n) is 5.02. The summed E-state index contributed by atoms with van der Waals surface area (Å²) in [7, 11) is 3.21. The Hall–Kier alpha value is -3.02. The molecule has 2 amide bonds. The average molecular weight is 364 g/mol. The van der Waals surface area contributed by atoms with Crippen LogP contribution in [0.25, 0.3) is 0 Å². The third kappa shape index (κ3) is 1.90. The lowest BCUT2D eigenvalue weighted by atomic mass is 9.67. The molecule has 0 radical (unpaired) electrons. The summed E-state index contributed by atoms with van der Waals surface area (Å²) in [6.45, 7) is 0.972. The maximum absolute atomic E-state index is 13.3. The summed E-state index contributed by atoms with van der Waals surface area (Å²) in [5.74, 6) is 0.791. The second-order valence-electron chi connectivity index (χ2n) is 7.23. The van der Waals surface area contributed by atoms with Crippen molar-refractivity contribution in [3.8, 4) is 11.5 Å². The highest BCUT2D eigenvalue weighted by Crippen LogP contribution is 2.54. The van der Waals surface area contributed by atoms with Gasteiger partial charge in [0.2, 0.25) is 5.91 Å². The van der Waals surface area contributed by atoms with Gasteiger partial charge < -0.3 is 19.7 Å². The van der Waals surface area contributed by atoms with Crippen LogP contribution in [0.4, 0.5) is 0 Å². The Bertz CT molecular complexity index is 986. The minimum atomic E-state index is -0.727. The second-order valence-corrected chi connectivity index (χ2v) is 7.23. The van der Waals surface area contributed by atoms with Gasteiger partial charge in [0.15, 0.2) is 11.5 Å². The lowest BCUT2D eigenvalue weighted by Crippen LogP contribution is -2.60. The number of nitrogens with zero attached hydrogens (tertiary/aromatic N) is 1. The van der Waals surface area contributed by atoms with Gasteiger partial charge in [-0.15, -0.1) is 0 Å². The Morgan fingerprint density at radius 3 is 2.63 bits per heavy atom. The highest BCUT2D eigenvalue weighted by Gasteiger charge is 2.61. The van der Waals surface area contributed by atoms with Gasteiger partial charge >= 0.3 is 0 Å². The molecule has 0 unspecified atom stereocenters. The van der Waals surface area contributed by atoms with Gasteiger partial charge in [-0.2, -0.15) is 0 Å². The van der Waals surface area contributed by atoms with Crippen LogP contribution >= 0.6 is 0 Å². The molecule has 138 valence electrons. The van der Waals surface area contributed by atoms with Crippen LogP contribution in [-0.4, -0.2) is 44.0 Å². The van der Waals surface area contributed by atoms with Crippen molar-refractivity contribution in [1.29, 1.82) is 0 Å². The van der Waals surface area contributed by atoms with E-state index in [2.05, 4.69) is 5.32 Å². The lowest BCUT2D eigenvalue weighted by Gasteiger charge is -2.51. The number of methoxy groups -OCH3 is 2. The first kappa shape index (κ1) is 16.2. The summed E-state index contributed by atoms with van der Waals surface area (Å²) in [6, 6.07) is 11.4. The summed E-state index contributed by atoms with van der Waals surface area (Å²) in [5.41, 5.74) is 2.76. The van der Waals surface area contributed by atoms with E-state index in [0.29, 0.717) is 36.6 Å². The number of nitrogens with one attached hydrogen (secondary N) is 1. The molecule has 0 aliphatic carbocycles. The van der Waals surface area contributed by atoms with Crippen LogP contribution in [0.15, 0.2) is 36.4 Å². The molecule has 6 heteroatoms. The first-order valence-electron chi connectivity index (χ1n) is 9.06. The van der Waals surface area contributed by atoms with Gasteiger partial charge in [0.1, 0.15) is 5.54 Å². The molecule has 6 nitrogen and oxygen atoms in total. The molecule has 27 heavy (non-hydrogen) atoms. The average Bonchev–Trinajstić information content (AvgIpc) is 3.05. The van der Waals surface area contributed by atoms with E-state index in [1.54, 1.807) is 14.2 Å². The predicted octanol–water partition coefficient (Wildman–Crippen LogP) is 1.82. The van der Waals surface area contributed by atoms with Crippen molar-refractivity contribution in [2.45, 2.75) is 17.9 Å². The van der Waals surface area contributed by atoms with Crippen molar-refractivity contribution >= 4 is 11.8 Å².